The highest BCUT2D eigenvalue weighted by Gasteiger charge is 2.27. The first-order valence-electron chi connectivity index (χ1n) is 9.66. The third-order valence-electron chi connectivity index (χ3n) is 4.98. The number of hydrogen-bond acceptors (Lipinski definition) is 7. The zero-order chi connectivity index (χ0) is 20.3. The molecule has 0 aliphatic carbocycles. The van der Waals surface area contributed by atoms with Crippen molar-refractivity contribution in [2.75, 3.05) is 31.1 Å². The van der Waals surface area contributed by atoms with Gasteiger partial charge in [0.25, 0.3) is 5.91 Å². The Balaban J connectivity index is 1.39. The molecule has 3 aromatic heterocycles. The molecule has 0 atom stereocenters. The second-order valence-electron chi connectivity index (χ2n) is 6.83. The summed E-state index contributed by atoms with van der Waals surface area (Å²) in [7, 11) is 0. The smallest absolute Gasteiger partial charge is 0.293 e. The van der Waals surface area contributed by atoms with E-state index in [0.29, 0.717) is 32.0 Å². The molecule has 4 aromatic rings. The number of thiophene rings is 1. The Morgan fingerprint density at radius 2 is 1.80 bits per heavy atom. The molecule has 1 aliphatic heterocycles. The SMILES string of the molecule is O=C(c1nc(-c2cccs2)n(-c2ccccc2)n1)N1CCN(c2cnccn2)CC1. The van der Waals surface area contributed by atoms with Gasteiger partial charge in [0, 0.05) is 38.6 Å². The fraction of sp³-hybridized carbons (Fsp3) is 0.190. The molecule has 150 valence electrons. The van der Waals surface area contributed by atoms with Crippen molar-refractivity contribution in [1.29, 1.82) is 0 Å². The number of carbonyl (C=O) groups excluding carboxylic acids is 1. The van der Waals surface area contributed by atoms with Gasteiger partial charge in [-0.25, -0.2) is 14.6 Å². The standard InChI is InChI=1S/C21H19N7OS/c29-21(27-12-10-26(11-13-27)18-15-22-8-9-23-18)19-24-20(17-7-4-14-30-17)28(25-19)16-5-2-1-3-6-16/h1-9,14-15H,10-13H2. The van der Waals surface area contributed by atoms with E-state index in [1.54, 1.807) is 39.5 Å². The van der Waals surface area contributed by atoms with Crippen LogP contribution in [0.2, 0.25) is 0 Å². The quantitative estimate of drug-likeness (QED) is 0.508. The van der Waals surface area contributed by atoms with Gasteiger partial charge >= 0.3 is 0 Å². The van der Waals surface area contributed by atoms with Crippen LogP contribution >= 0.6 is 11.3 Å². The first-order valence-corrected chi connectivity index (χ1v) is 10.5. The Labute approximate surface area is 177 Å². The number of benzene rings is 1. The fourth-order valence-corrected chi connectivity index (χ4v) is 4.15. The Bertz CT molecular complexity index is 1120. The molecular weight excluding hydrogens is 398 g/mol. The molecule has 30 heavy (non-hydrogen) atoms. The van der Waals surface area contributed by atoms with Gasteiger partial charge in [0.1, 0.15) is 5.82 Å². The van der Waals surface area contributed by atoms with Gasteiger partial charge < -0.3 is 9.80 Å². The zero-order valence-electron chi connectivity index (χ0n) is 16.1. The van der Waals surface area contributed by atoms with E-state index in [1.807, 2.05) is 47.8 Å². The number of anilines is 1. The maximum absolute atomic E-state index is 13.2. The van der Waals surface area contributed by atoms with E-state index in [9.17, 15) is 4.79 Å². The van der Waals surface area contributed by atoms with Crippen LogP contribution in [-0.4, -0.2) is 61.7 Å². The van der Waals surface area contributed by atoms with E-state index < -0.39 is 0 Å². The molecule has 9 heteroatoms. The first-order chi connectivity index (χ1) is 14.8. The molecule has 0 bridgehead atoms. The largest absolute Gasteiger partial charge is 0.352 e. The first kappa shape index (κ1) is 18.4. The highest BCUT2D eigenvalue weighted by molar-refractivity contribution is 7.13. The van der Waals surface area contributed by atoms with Gasteiger partial charge in [-0.15, -0.1) is 16.4 Å². The number of para-hydroxylation sites is 1. The molecule has 1 aliphatic rings. The summed E-state index contributed by atoms with van der Waals surface area (Å²) in [5.41, 5.74) is 0.875. The Hall–Kier alpha value is -3.59. The third kappa shape index (κ3) is 3.55. The lowest BCUT2D eigenvalue weighted by molar-refractivity contribution is 0.0734. The van der Waals surface area contributed by atoms with Crippen molar-refractivity contribution in [3.05, 3.63) is 72.3 Å². The summed E-state index contributed by atoms with van der Waals surface area (Å²) in [6, 6.07) is 13.7. The molecule has 4 heterocycles. The fourth-order valence-electron chi connectivity index (χ4n) is 3.45. The number of piperazine rings is 1. The van der Waals surface area contributed by atoms with Crippen LogP contribution in [0.3, 0.4) is 0 Å². The Kier molecular flexibility index (Phi) is 4.94. The van der Waals surface area contributed by atoms with Crippen molar-refractivity contribution in [2.24, 2.45) is 0 Å². The van der Waals surface area contributed by atoms with Crippen LogP contribution in [0.5, 0.6) is 0 Å². The summed E-state index contributed by atoms with van der Waals surface area (Å²) in [6.07, 6.45) is 5.08. The third-order valence-corrected chi connectivity index (χ3v) is 5.85. The van der Waals surface area contributed by atoms with Crippen molar-refractivity contribution in [2.45, 2.75) is 0 Å². The van der Waals surface area contributed by atoms with Gasteiger partial charge in [-0.05, 0) is 23.6 Å². The second kappa shape index (κ2) is 8.03. The van der Waals surface area contributed by atoms with E-state index >= 15 is 0 Å². The van der Waals surface area contributed by atoms with Crippen LogP contribution < -0.4 is 4.90 Å². The summed E-state index contributed by atoms with van der Waals surface area (Å²) in [4.78, 5) is 31.1. The van der Waals surface area contributed by atoms with Crippen molar-refractivity contribution in [3.8, 4) is 16.4 Å². The van der Waals surface area contributed by atoms with Gasteiger partial charge in [0.05, 0.1) is 16.8 Å². The monoisotopic (exact) mass is 417 g/mol. The topological polar surface area (TPSA) is 80.0 Å². The van der Waals surface area contributed by atoms with E-state index in [4.69, 9.17) is 0 Å². The predicted octanol–water partition coefficient (Wildman–Crippen LogP) is 2.75. The van der Waals surface area contributed by atoms with E-state index in [0.717, 1.165) is 16.4 Å². The van der Waals surface area contributed by atoms with Crippen LogP contribution in [0.25, 0.3) is 16.4 Å². The average molecular weight is 417 g/mol. The molecule has 8 nitrogen and oxygen atoms in total. The maximum atomic E-state index is 13.2. The highest BCUT2D eigenvalue weighted by atomic mass is 32.1. The van der Waals surface area contributed by atoms with E-state index in [1.165, 1.54) is 0 Å². The lowest BCUT2D eigenvalue weighted by Gasteiger charge is -2.34. The van der Waals surface area contributed by atoms with Gasteiger partial charge in [0.2, 0.25) is 5.82 Å². The van der Waals surface area contributed by atoms with Crippen LogP contribution in [0, 0.1) is 0 Å². The number of carbonyl (C=O) groups is 1. The van der Waals surface area contributed by atoms with Crippen LogP contribution in [-0.2, 0) is 0 Å². The molecule has 0 radical (unpaired) electrons. The lowest BCUT2D eigenvalue weighted by Crippen LogP contribution is -2.49. The van der Waals surface area contributed by atoms with Gasteiger partial charge in [-0.1, -0.05) is 24.3 Å². The summed E-state index contributed by atoms with van der Waals surface area (Å²) < 4.78 is 1.74. The van der Waals surface area contributed by atoms with Crippen molar-refractivity contribution in [1.82, 2.24) is 29.6 Å². The number of amides is 1. The molecule has 0 N–H and O–H groups in total. The highest BCUT2D eigenvalue weighted by Crippen LogP contribution is 2.26. The molecule has 0 saturated carbocycles. The summed E-state index contributed by atoms with van der Waals surface area (Å²) >= 11 is 1.58. The minimum Gasteiger partial charge on any atom is -0.352 e. The predicted molar refractivity (Wildman–Crippen MR) is 115 cm³/mol. The zero-order valence-corrected chi connectivity index (χ0v) is 16.9. The van der Waals surface area contributed by atoms with Crippen molar-refractivity contribution < 1.29 is 4.79 Å². The van der Waals surface area contributed by atoms with Gasteiger partial charge in [-0.3, -0.25) is 9.78 Å². The number of aromatic nitrogens is 5. The maximum Gasteiger partial charge on any atom is 0.293 e. The van der Waals surface area contributed by atoms with Gasteiger partial charge in [0.15, 0.2) is 5.82 Å². The normalized spacial score (nSPS) is 14.1. The lowest BCUT2D eigenvalue weighted by atomic mass is 10.3. The van der Waals surface area contributed by atoms with E-state index in [2.05, 4.69) is 25.0 Å². The number of rotatable bonds is 4. The molecule has 1 amide bonds. The summed E-state index contributed by atoms with van der Waals surface area (Å²) in [5, 5.41) is 6.57. The molecule has 0 unspecified atom stereocenters. The van der Waals surface area contributed by atoms with E-state index in [-0.39, 0.29) is 11.7 Å². The molecular formula is C21H19N7OS. The molecule has 1 saturated heterocycles. The summed E-state index contributed by atoms with van der Waals surface area (Å²) in [6.45, 7) is 2.57. The van der Waals surface area contributed by atoms with Crippen molar-refractivity contribution >= 4 is 23.1 Å². The molecule has 5 rings (SSSR count). The Morgan fingerprint density at radius 3 is 2.50 bits per heavy atom. The second-order valence-corrected chi connectivity index (χ2v) is 7.77. The van der Waals surface area contributed by atoms with Crippen LogP contribution in [0.15, 0.2) is 66.4 Å². The average Bonchev–Trinajstić information content (AvgIpc) is 3.50. The van der Waals surface area contributed by atoms with Crippen LogP contribution in [0.1, 0.15) is 10.6 Å². The van der Waals surface area contributed by atoms with Crippen LogP contribution in [0.4, 0.5) is 5.82 Å². The van der Waals surface area contributed by atoms with Gasteiger partial charge in [-0.2, -0.15) is 0 Å². The number of hydrogen-bond donors (Lipinski definition) is 0. The molecule has 1 fully saturated rings. The molecule has 0 spiro atoms. The minimum atomic E-state index is -0.152. The Morgan fingerprint density at radius 1 is 0.967 bits per heavy atom. The molecule has 1 aromatic carbocycles. The van der Waals surface area contributed by atoms with Crippen molar-refractivity contribution in [3.63, 3.8) is 0 Å². The minimum absolute atomic E-state index is 0.152. The summed E-state index contributed by atoms with van der Waals surface area (Å²) in [5.74, 6) is 1.57. The number of nitrogens with zero attached hydrogens (tertiary/aromatic N) is 7.